The van der Waals surface area contributed by atoms with E-state index < -0.39 is 17.9 Å². The van der Waals surface area contributed by atoms with Crippen LogP contribution in [0.5, 0.6) is 0 Å². The van der Waals surface area contributed by atoms with Gasteiger partial charge in [0.05, 0.1) is 13.7 Å². The first-order chi connectivity index (χ1) is 6.61. The molecule has 14 heavy (non-hydrogen) atoms. The topological polar surface area (TPSA) is 66.9 Å². The first-order valence-corrected chi connectivity index (χ1v) is 4.30. The summed E-state index contributed by atoms with van der Waals surface area (Å²) in [5.41, 5.74) is 0. The number of likely N-dealkylation sites (N-methyl/N-ethyl adjacent to an activating group) is 1. The molecule has 1 aliphatic rings. The second-order valence-corrected chi connectivity index (χ2v) is 2.81. The monoisotopic (exact) mass is 200 g/mol. The van der Waals surface area contributed by atoms with Crippen LogP contribution >= 0.6 is 0 Å². The van der Waals surface area contributed by atoms with Crippen molar-refractivity contribution in [3.8, 4) is 0 Å². The van der Waals surface area contributed by atoms with Gasteiger partial charge in [0.1, 0.15) is 0 Å². The number of methoxy groups -OCH3 is 1. The summed E-state index contributed by atoms with van der Waals surface area (Å²) >= 11 is 0. The molecule has 1 heterocycles. The van der Waals surface area contributed by atoms with Crippen molar-refractivity contribution in [2.45, 2.75) is 6.92 Å². The maximum atomic E-state index is 11.3. The summed E-state index contributed by atoms with van der Waals surface area (Å²) in [7, 11) is 1.17. The predicted octanol–water partition coefficient (Wildman–Crippen LogP) is -0.557. The lowest BCUT2D eigenvalue weighted by Gasteiger charge is -2.30. The van der Waals surface area contributed by atoms with E-state index in [1.54, 1.807) is 6.92 Å². The SMILES string of the molecule is CCN1CCN(C(=O)OC)C(=O)C1=O. The third-order valence-electron chi connectivity index (χ3n) is 2.09. The molecule has 0 bridgehead atoms. The Balaban J connectivity index is 2.74. The van der Waals surface area contributed by atoms with Crippen molar-refractivity contribution in [1.29, 1.82) is 0 Å². The van der Waals surface area contributed by atoms with Gasteiger partial charge in [-0.15, -0.1) is 0 Å². The Hall–Kier alpha value is -1.59. The zero-order chi connectivity index (χ0) is 10.7. The summed E-state index contributed by atoms with van der Waals surface area (Å²) in [5, 5.41) is 0. The van der Waals surface area contributed by atoms with Gasteiger partial charge in [0.25, 0.3) is 0 Å². The Morgan fingerprint density at radius 3 is 2.50 bits per heavy atom. The van der Waals surface area contributed by atoms with E-state index in [0.717, 1.165) is 4.90 Å². The van der Waals surface area contributed by atoms with E-state index in [4.69, 9.17) is 0 Å². The van der Waals surface area contributed by atoms with E-state index in [9.17, 15) is 14.4 Å². The Labute approximate surface area is 81.4 Å². The lowest BCUT2D eigenvalue weighted by Crippen LogP contribution is -2.55. The number of hydrogen-bond acceptors (Lipinski definition) is 4. The normalized spacial score (nSPS) is 17.3. The highest BCUT2D eigenvalue weighted by atomic mass is 16.5. The fourth-order valence-electron chi connectivity index (χ4n) is 1.26. The first-order valence-electron chi connectivity index (χ1n) is 4.30. The number of carbonyl (C=O) groups excluding carboxylic acids is 3. The summed E-state index contributed by atoms with van der Waals surface area (Å²) < 4.78 is 4.37. The number of carbonyl (C=O) groups is 3. The van der Waals surface area contributed by atoms with Crippen molar-refractivity contribution < 1.29 is 19.1 Å². The first kappa shape index (κ1) is 10.5. The molecule has 0 aromatic carbocycles. The molecule has 0 aliphatic carbocycles. The average Bonchev–Trinajstić information content (AvgIpc) is 2.21. The highest BCUT2D eigenvalue weighted by Crippen LogP contribution is 2.05. The molecule has 0 unspecified atom stereocenters. The molecule has 3 amide bonds. The molecular weight excluding hydrogens is 188 g/mol. The highest BCUT2D eigenvalue weighted by Gasteiger charge is 2.35. The van der Waals surface area contributed by atoms with E-state index in [2.05, 4.69) is 4.74 Å². The molecule has 0 atom stereocenters. The standard InChI is InChI=1S/C8H12N2O4/c1-3-9-4-5-10(8(13)14-2)7(12)6(9)11/h3-5H2,1-2H3. The van der Waals surface area contributed by atoms with Crippen LogP contribution in [0.4, 0.5) is 4.79 Å². The summed E-state index contributed by atoms with van der Waals surface area (Å²) in [6.45, 7) is 2.82. The smallest absolute Gasteiger partial charge is 0.416 e. The van der Waals surface area contributed by atoms with E-state index >= 15 is 0 Å². The van der Waals surface area contributed by atoms with Gasteiger partial charge in [-0.2, -0.15) is 0 Å². The van der Waals surface area contributed by atoms with Gasteiger partial charge in [0.2, 0.25) is 0 Å². The molecule has 1 saturated heterocycles. The van der Waals surface area contributed by atoms with Crippen LogP contribution in [0.25, 0.3) is 0 Å². The Morgan fingerprint density at radius 1 is 1.36 bits per heavy atom. The number of imide groups is 1. The molecule has 0 spiro atoms. The van der Waals surface area contributed by atoms with Crippen LogP contribution in [0, 0.1) is 0 Å². The van der Waals surface area contributed by atoms with Gasteiger partial charge in [-0.3, -0.25) is 9.59 Å². The molecule has 1 rings (SSSR count). The number of ether oxygens (including phenoxy) is 1. The zero-order valence-corrected chi connectivity index (χ0v) is 8.15. The third kappa shape index (κ3) is 1.68. The van der Waals surface area contributed by atoms with Crippen LogP contribution < -0.4 is 0 Å². The molecule has 6 heteroatoms. The molecule has 0 aromatic heterocycles. The number of piperazine rings is 1. The van der Waals surface area contributed by atoms with Crippen LogP contribution in [0.3, 0.4) is 0 Å². The van der Waals surface area contributed by atoms with Crippen LogP contribution in [0.2, 0.25) is 0 Å². The summed E-state index contributed by atoms with van der Waals surface area (Å²) in [6.07, 6.45) is -0.779. The minimum atomic E-state index is -0.815. The molecule has 1 fully saturated rings. The molecule has 78 valence electrons. The second kappa shape index (κ2) is 4.08. The Morgan fingerprint density at radius 2 is 2.00 bits per heavy atom. The van der Waals surface area contributed by atoms with Gasteiger partial charge < -0.3 is 9.64 Å². The molecule has 0 aromatic rings. The lowest BCUT2D eigenvalue weighted by molar-refractivity contribution is -0.154. The quantitative estimate of drug-likeness (QED) is 0.532. The molecule has 0 radical (unpaired) electrons. The lowest BCUT2D eigenvalue weighted by atomic mass is 10.3. The summed E-state index contributed by atoms with van der Waals surface area (Å²) in [6, 6.07) is 0. The van der Waals surface area contributed by atoms with Crippen molar-refractivity contribution in [3.63, 3.8) is 0 Å². The van der Waals surface area contributed by atoms with Crippen molar-refractivity contribution in [1.82, 2.24) is 9.80 Å². The van der Waals surface area contributed by atoms with Crippen molar-refractivity contribution in [2.24, 2.45) is 0 Å². The maximum Gasteiger partial charge on any atom is 0.416 e. The average molecular weight is 200 g/mol. The van der Waals surface area contributed by atoms with Crippen molar-refractivity contribution >= 4 is 17.9 Å². The van der Waals surface area contributed by atoms with Crippen LogP contribution in [-0.4, -0.2) is 54.5 Å². The van der Waals surface area contributed by atoms with Crippen LogP contribution in [-0.2, 0) is 14.3 Å². The summed E-state index contributed by atoms with van der Waals surface area (Å²) in [4.78, 5) is 35.9. The van der Waals surface area contributed by atoms with Crippen LogP contribution in [0.15, 0.2) is 0 Å². The highest BCUT2D eigenvalue weighted by molar-refractivity contribution is 6.37. The molecule has 0 N–H and O–H groups in total. The van der Waals surface area contributed by atoms with Gasteiger partial charge in [-0.05, 0) is 6.92 Å². The van der Waals surface area contributed by atoms with E-state index in [0.29, 0.717) is 13.1 Å². The third-order valence-corrected chi connectivity index (χ3v) is 2.09. The van der Waals surface area contributed by atoms with Crippen molar-refractivity contribution in [2.75, 3.05) is 26.7 Å². The molecule has 6 nitrogen and oxygen atoms in total. The fourth-order valence-corrected chi connectivity index (χ4v) is 1.26. The largest absolute Gasteiger partial charge is 0.452 e. The van der Waals surface area contributed by atoms with E-state index in [1.807, 2.05) is 0 Å². The number of hydrogen-bond donors (Lipinski definition) is 0. The van der Waals surface area contributed by atoms with Gasteiger partial charge >= 0.3 is 17.9 Å². The number of nitrogens with zero attached hydrogens (tertiary/aromatic N) is 2. The van der Waals surface area contributed by atoms with Gasteiger partial charge in [0.15, 0.2) is 0 Å². The molecule has 0 saturated carbocycles. The van der Waals surface area contributed by atoms with Gasteiger partial charge in [-0.1, -0.05) is 0 Å². The fraction of sp³-hybridized carbons (Fsp3) is 0.625. The summed E-state index contributed by atoms with van der Waals surface area (Å²) in [5.74, 6) is -1.46. The molecular formula is C8H12N2O4. The maximum absolute atomic E-state index is 11.3. The minimum absolute atomic E-state index is 0.199. The Kier molecular flexibility index (Phi) is 3.06. The molecule has 1 aliphatic heterocycles. The van der Waals surface area contributed by atoms with E-state index in [-0.39, 0.29) is 6.54 Å². The Bertz CT molecular complexity index is 277. The van der Waals surface area contributed by atoms with Gasteiger partial charge in [0, 0.05) is 13.1 Å². The zero-order valence-electron chi connectivity index (χ0n) is 8.15. The minimum Gasteiger partial charge on any atom is -0.452 e. The van der Waals surface area contributed by atoms with Gasteiger partial charge in [-0.25, -0.2) is 9.69 Å². The van der Waals surface area contributed by atoms with Crippen LogP contribution in [0.1, 0.15) is 6.92 Å². The second-order valence-electron chi connectivity index (χ2n) is 2.81. The van der Waals surface area contributed by atoms with E-state index in [1.165, 1.54) is 12.0 Å². The number of amides is 3. The number of rotatable bonds is 1. The predicted molar refractivity (Wildman–Crippen MR) is 46.4 cm³/mol. The van der Waals surface area contributed by atoms with Crippen molar-refractivity contribution in [3.05, 3.63) is 0 Å².